The minimum atomic E-state index is -0.0612. The molecule has 2 heterocycles. The molecule has 5 heteroatoms. The molecule has 0 unspecified atom stereocenters. The molecule has 0 radical (unpaired) electrons. The van der Waals surface area contributed by atoms with Gasteiger partial charge in [0.15, 0.2) is 5.82 Å². The quantitative estimate of drug-likeness (QED) is 0.904. The third-order valence-electron chi connectivity index (χ3n) is 6.16. The van der Waals surface area contributed by atoms with Crippen molar-refractivity contribution >= 4 is 0 Å². The molecule has 0 aromatic carbocycles. The molecule has 5 nitrogen and oxygen atoms in total. The number of ether oxygens (including phenoxy) is 1. The van der Waals surface area contributed by atoms with Crippen molar-refractivity contribution in [1.29, 1.82) is 0 Å². The van der Waals surface area contributed by atoms with E-state index in [1.54, 1.807) is 0 Å². The summed E-state index contributed by atoms with van der Waals surface area (Å²) in [5.74, 6) is 4.38. The van der Waals surface area contributed by atoms with Crippen LogP contribution in [0.1, 0.15) is 56.3 Å². The maximum atomic E-state index is 5.74. The summed E-state index contributed by atoms with van der Waals surface area (Å²) < 4.78 is 11.3. The van der Waals surface area contributed by atoms with Crippen molar-refractivity contribution < 1.29 is 9.26 Å². The van der Waals surface area contributed by atoms with E-state index >= 15 is 0 Å². The second kappa shape index (κ2) is 4.53. The van der Waals surface area contributed by atoms with Gasteiger partial charge in [-0.25, -0.2) is 0 Å². The Morgan fingerprint density at radius 3 is 2.38 bits per heavy atom. The molecule has 1 saturated heterocycles. The smallest absolute Gasteiger partial charge is 0.257 e. The Hall–Kier alpha value is -0.940. The van der Waals surface area contributed by atoms with E-state index in [-0.39, 0.29) is 11.5 Å². The predicted molar refractivity (Wildman–Crippen MR) is 75.7 cm³/mol. The van der Waals surface area contributed by atoms with Crippen molar-refractivity contribution in [2.24, 2.45) is 17.8 Å². The SMILES string of the molecule is C1CO[C@@H](c2nc(C34CC5CC(CC(C5)C3)C4)no2)CN1. The fourth-order valence-corrected chi connectivity index (χ4v) is 5.69. The fraction of sp³-hybridized carbons (Fsp3) is 0.875. The fourth-order valence-electron chi connectivity index (χ4n) is 5.69. The molecule has 1 aliphatic heterocycles. The molecule has 5 aliphatic rings. The van der Waals surface area contributed by atoms with E-state index < -0.39 is 0 Å². The lowest BCUT2D eigenvalue weighted by molar-refractivity contribution is -0.0103. The maximum Gasteiger partial charge on any atom is 0.257 e. The Balaban J connectivity index is 1.44. The van der Waals surface area contributed by atoms with Gasteiger partial charge in [0.25, 0.3) is 5.89 Å². The van der Waals surface area contributed by atoms with Crippen LogP contribution in [0, 0.1) is 17.8 Å². The first kappa shape index (κ1) is 12.6. The van der Waals surface area contributed by atoms with Crippen LogP contribution in [-0.4, -0.2) is 29.8 Å². The minimum absolute atomic E-state index is 0.0612. The molecule has 1 atom stereocenters. The average molecular weight is 289 g/mol. The molecule has 1 aromatic rings. The topological polar surface area (TPSA) is 60.2 Å². The van der Waals surface area contributed by atoms with Gasteiger partial charge in [0.05, 0.1) is 6.61 Å². The second-order valence-corrected chi connectivity index (χ2v) is 7.72. The summed E-state index contributed by atoms with van der Waals surface area (Å²) in [6, 6.07) is 0. The van der Waals surface area contributed by atoms with Gasteiger partial charge in [-0.05, 0) is 56.3 Å². The normalized spacial score (nSPS) is 45.1. The van der Waals surface area contributed by atoms with Crippen molar-refractivity contribution in [2.45, 2.75) is 50.0 Å². The highest BCUT2D eigenvalue weighted by Gasteiger charge is 2.54. The molecule has 1 N–H and O–H groups in total. The van der Waals surface area contributed by atoms with E-state index in [0.717, 1.165) is 43.3 Å². The van der Waals surface area contributed by atoms with Gasteiger partial charge in [0.1, 0.15) is 6.10 Å². The van der Waals surface area contributed by atoms with E-state index in [0.29, 0.717) is 5.89 Å². The molecule has 114 valence electrons. The summed E-state index contributed by atoms with van der Waals surface area (Å²) in [6.45, 7) is 2.41. The van der Waals surface area contributed by atoms with Crippen LogP contribution in [-0.2, 0) is 10.2 Å². The number of nitrogens with one attached hydrogen (secondary N) is 1. The van der Waals surface area contributed by atoms with Gasteiger partial charge in [-0.3, -0.25) is 0 Å². The van der Waals surface area contributed by atoms with Crippen molar-refractivity contribution in [3.63, 3.8) is 0 Å². The first-order chi connectivity index (χ1) is 10.3. The third-order valence-corrected chi connectivity index (χ3v) is 6.16. The first-order valence-corrected chi connectivity index (χ1v) is 8.47. The third kappa shape index (κ3) is 1.97. The largest absolute Gasteiger partial charge is 0.366 e. The van der Waals surface area contributed by atoms with Crippen molar-refractivity contribution in [2.75, 3.05) is 19.7 Å². The Morgan fingerprint density at radius 2 is 1.76 bits per heavy atom. The zero-order valence-electron chi connectivity index (χ0n) is 12.4. The molecular formula is C16H23N3O2. The van der Waals surface area contributed by atoms with Gasteiger partial charge in [-0.1, -0.05) is 5.16 Å². The summed E-state index contributed by atoms with van der Waals surface area (Å²) >= 11 is 0. The minimum Gasteiger partial charge on any atom is -0.366 e. The monoisotopic (exact) mass is 289 g/mol. The van der Waals surface area contributed by atoms with Gasteiger partial charge in [0, 0.05) is 18.5 Å². The molecule has 5 fully saturated rings. The number of aromatic nitrogens is 2. The Labute approximate surface area is 124 Å². The van der Waals surface area contributed by atoms with Crippen molar-refractivity contribution in [3.8, 4) is 0 Å². The van der Waals surface area contributed by atoms with Crippen LogP contribution < -0.4 is 5.32 Å². The van der Waals surface area contributed by atoms with Crippen LogP contribution in [0.15, 0.2) is 4.52 Å². The van der Waals surface area contributed by atoms with Crippen LogP contribution in [0.25, 0.3) is 0 Å². The van der Waals surface area contributed by atoms with E-state index in [4.69, 9.17) is 14.2 Å². The molecule has 0 spiro atoms. The predicted octanol–water partition coefficient (Wildman–Crippen LogP) is 2.20. The van der Waals surface area contributed by atoms with E-state index in [1.165, 1.54) is 38.5 Å². The lowest BCUT2D eigenvalue weighted by atomic mass is 9.49. The number of hydrogen-bond acceptors (Lipinski definition) is 5. The first-order valence-electron chi connectivity index (χ1n) is 8.47. The zero-order chi connectivity index (χ0) is 13.9. The molecule has 0 amide bonds. The van der Waals surface area contributed by atoms with E-state index in [9.17, 15) is 0 Å². The second-order valence-electron chi connectivity index (χ2n) is 7.72. The van der Waals surface area contributed by atoms with Crippen LogP contribution in [0.3, 0.4) is 0 Å². The van der Waals surface area contributed by atoms with Crippen LogP contribution in [0.2, 0.25) is 0 Å². The lowest BCUT2D eigenvalue weighted by Gasteiger charge is -2.55. The number of hydrogen-bond donors (Lipinski definition) is 1. The number of nitrogens with zero attached hydrogens (tertiary/aromatic N) is 2. The van der Waals surface area contributed by atoms with Crippen LogP contribution in [0.5, 0.6) is 0 Å². The highest BCUT2D eigenvalue weighted by molar-refractivity contribution is 5.16. The Bertz CT molecular complexity index is 500. The summed E-state index contributed by atoms with van der Waals surface area (Å²) in [7, 11) is 0. The Kier molecular flexibility index (Phi) is 2.71. The summed E-state index contributed by atoms with van der Waals surface area (Å²) in [6.07, 6.45) is 8.11. The van der Waals surface area contributed by atoms with Crippen molar-refractivity contribution in [1.82, 2.24) is 15.5 Å². The van der Waals surface area contributed by atoms with Crippen LogP contribution >= 0.6 is 0 Å². The summed E-state index contributed by atoms with van der Waals surface area (Å²) in [4.78, 5) is 4.78. The van der Waals surface area contributed by atoms with E-state index in [1.807, 2.05) is 0 Å². The van der Waals surface area contributed by atoms with Gasteiger partial charge < -0.3 is 14.6 Å². The summed E-state index contributed by atoms with van der Waals surface area (Å²) in [5, 5.41) is 7.71. The zero-order valence-corrected chi connectivity index (χ0v) is 12.4. The molecule has 4 saturated carbocycles. The average Bonchev–Trinajstić information content (AvgIpc) is 2.97. The van der Waals surface area contributed by atoms with Crippen LogP contribution in [0.4, 0.5) is 0 Å². The highest BCUT2D eigenvalue weighted by atomic mass is 16.5. The highest BCUT2D eigenvalue weighted by Crippen LogP contribution is 2.60. The van der Waals surface area contributed by atoms with Gasteiger partial charge >= 0.3 is 0 Å². The van der Waals surface area contributed by atoms with Gasteiger partial charge in [-0.15, -0.1) is 0 Å². The molecule has 1 aromatic heterocycles. The standard InChI is InChI=1S/C16H23N3O2/c1-2-20-13(9-17-1)14-18-15(19-21-14)16-6-10-3-11(7-16)5-12(4-10)8-16/h10-13,17H,1-9H2/t10?,11?,12?,13-,16?/m1/s1. The molecule has 4 aliphatic carbocycles. The lowest BCUT2D eigenvalue weighted by Crippen LogP contribution is -2.49. The Morgan fingerprint density at radius 1 is 1.05 bits per heavy atom. The molecule has 4 bridgehead atoms. The molecule has 21 heavy (non-hydrogen) atoms. The maximum absolute atomic E-state index is 5.74. The van der Waals surface area contributed by atoms with Crippen molar-refractivity contribution in [3.05, 3.63) is 11.7 Å². The molecular weight excluding hydrogens is 266 g/mol. The number of morpholine rings is 1. The van der Waals surface area contributed by atoms with Gasteiger partial charge in [-0.2, -0.15) is 4.98 Å². The van der Waals surface area contributed by atoms with Gasteiger partial charge in [0.2, 0.25) is 0 Å². The van der Waals surface area contributed by atoms with E-state index in [2.05, 4.69) is 10.5 Å². The number of rotatable bonds is 2. The summed E-state index contributed by atoms with van der Waals surface area (Å²) in [5.41, 5.74) is 0.221. The molecule has 6 rings (SSSR count).